The van der Waals surface area contributed by atoms with Gasteiger partial charge in [0, 0.05) is 26.2 Å². The minimum Gasteiger partial charge on any atom is -0.367 e. The zero-order valence-corrected chi connectivity index (χ0v) is 13.7. The Morgan fingerprint density at radius 1 is 1.43 bits per heavy atom. The zero-order chi connectivity index (χ0) is 17.0. The van der Waals surface area contributed by atoms with Crippen LogP contribution >= 0.6 is 0 Å². The molecule has 0 bridgehead atoms. The van der Waals surface area contributed by atoms with Crippen LogP contribution in [0, 0.1) is 10.1 Å². The summed E-state index contributed by atoms with van der Waals surface area (Å²) < 4.78 is 25.7. The predicted molar refractivity (Wildman–Crippen MR) is 84.8 cm³/mol. The number of nitrogens with one attached hydrogen (secondary N) is 1. The normalized spacial score (nSPS) is 12.0. The summed E-state index contributed by atoms with van der Waals surface area (Å²) in [5.41, 5.74) is 0.385. The van der Waals surface area contributed by atoms with Crippen molar-refractivity contribution in [1.82, 2.24) is 18.9 Å². The van der Waals surface area contributed by atoms with Crippen LogP contribution in [0.3, 0.4) is 0 Å². The molecule has 2 aromatic heterocycles. The number of aromatic nitrogens is 3. The Labute approximate surface area is 133 Å². The molecule has 11 heteroatoms. The van der Waals surface area contributed by atoms with Crippen molar-refractivity contribution in [3.8, 4) is 0 Å². The number of nitrogens with zero attached hydrogens (tertiary/aromatic N) is 5. The van der Waals surface area contributed by atoms with Gasteiger partial charge in [-0.25, -0.2) is 17.7 Å². The van der Waals surface area contributed by atoms with Gasteiger partial charge in [0.25, 0.3) is 0 Å². The fourth-order valence-electron chi connectivity index (χ4n) is 1.96. The van der Waals surface area contributed by atoms with E-state index in [1.807, 2.05) is 0 Å². The van der Waals surface area contributed by atoms with E-state index >= 15 is 0 Å². The van der Waals surface area contributed by atoms with Gasteiger partial charge in [0.15, 0.2) is 5.82 Å². The van der Waals surface area contributed by atoms with Crippen LogP contribution < -0.4 is 5.32 Å². The molecule has 0 aromatic carbocycles. The van der Waals surface area contributed by atoms with Crippen LogP contribution in [-0.4, -0.2) is 58.1 Å². The van der Waals surface area contributed by atoms with Crippen molar-refractivity contribution in [2.24, 2.45) is 0 Å². The molecule has 0 aliphatic heterocycles. The number of fused-ring (bicyclic) bond motifs is 1. The van der Waals surface area contributed by atoms with Gasteiger partial charge in [-0.05, 0) is 24.3 Å². The van der Waals surface area contributed by atoms with E-state index in [1.54, 1.807) is 19.1 Å². The third-order valence-corrected chi connectivity index (χ3v) is 5.19. The number of rotatable bonds is 8. The van der Waals surface area contributed by atoms with Crippen molar-refractivity contribution < 1.29 is 13.3 Å². The van der Waals surface area contributed by atoms with E-state index in [0.717, 1.165) is 10.7 Å². The van der Waals surface area contributed by atoms with Crippen LogP contribution in [0.5, 0.6) is 0 Å². The molecule has 0 amide bonds. The molecule has 23 heavy (non-hydrogen) atoms. The van der Waals surface area contributed by atoms with Gasteiger partial charge in [0.1, 0.15) is 6.20 Å². The molecule has 0 fully saturated rings. The number of imidazole rings is 1. The quantitative estimate of drug-likeness (QED) is 0.426. The Morgan fingerprint density at radius 2 is 2.17 bits per heavy atom. The lowest BCUT2D eigenvalue weighted by molar-refractivity contribution is -0.391. The monoisotopic (exact) mass is 342 g/mol. The smallest absolute Gasteiger partial charge is 0.367 e. The van der Waals surface area contributed by atoms with E-state index in [4.69, 9.17) is 0 Å². The molecule has 0 saturated heterocycles. The molecule has 1 N–H and O–H groups in total. The van der Waals surface area contributed by atoms with E-state index in [-0.39, 0.29) is 11.6 Å². The Hall–Kier alpha value is -2.27. The first-order chi connectivity index (χ1) is 10.8. The van der Waals surface area contributed by atoms with Crippen LogP contribution in [0.15, 0.2) is 18.3 Å². The lowest BCUT2D eigenvalue weighted by Crippen LogP contribution is -2.30. The Balaban J connectivity index is 1.95. The molecule has 0 saturated carbocycles. The third kappa shape index (κ3) is 3.93. The third-order valence-electron chi connectivity index (χ3n) is 3.33. The first-order valence-corrected chi connectivity index (χ1v) is 8.63. The van der Waals surface area contributed by atoms with Crippen LogP contribution in [0.2, 0.25) is 0 Å². The average Bonchev–Trinajstić information content (AvgIpc) is 2.94. The first kappa shape index (κ1) is 17.1. The second kappa shape index (κ2) is 6.87. The van der Waals surface area contributed by atoms with Gasteiger partial charge in [-0.1, -0.05) is 9.61 Å². The van der Waals surface area contributed by atoms with Crippen LogP contribution in [0.25, 0.3) is 5.65 Å². The van der Waals surface area contributed by atoms with E-state index in [2.05, 4.69) is 15.4 Å². The van der Waals surface area contributed by atoms with Gasteiger partial charge in [-0.2, -0.15) is 0 Å². The summed E-state index contributed by atoms with van der Waals surface area (Å²) in [5.74, 6) is 0.316. The predicted octanol–water partition coefficient (Wildman–Crippen LogP) is 0.721. The highest BCUT2D eigenvalue weighted by atomic mass is 32.2. The molecule has 126 valence electrons. The molecule has 0 atom stereocenters. The van der Waals surface area contributed by atoms with Gasteiger partial charge in [-0.15, -0.1) is 0 Å². The van der Waals surface area contributed by atoms with Gasteiger partial charge in [0.05, 0.1) is 5.75 Å². The lowest BCUT2D eigenvalue weighted by Gasteiger charge is -2.15. The molecule has 0 radical (unpaired) electrons. The molecule has 2 aromatic rings. The number of hydrogen-bond acceptors (Lipinski definition) is 7. The second-order valence-corrected chi connectivity index (χ2v) is 7.23. The van der Waals surface area contributed by atoms with Crippen LogP contribution in [0.4, 0.5) is 11.6 Å². The van der Waals surface area contributed by atoms with Crippen molar-refractivity contribution in [1.29, 1.82) is 0 Å². The van der Waals surface area contributed by atoms with E-state index in [0.29, 0.717) is 31.0 Å². The fraction of sp³-hybridized carbons (Fsp3) is 0.500. The lowest BCUT2D eigenvalue weighted by atomic mass is 10.4. The average molecular weight is 342 g/mol. The van der Waals surface area contributed by atoms with Crippen molar-refractivity contribution in [3.05, 3.63) is 28.4 Å². The van der Waals surface area contributed by atoms with Crippen LogP contribution in [0.1, 0.15) is 13.3 Å². The summed E-state index contributed by atoms with van der Waals surface area (Å²) in [6, 6.07) is 3.29. The molecule has 2 heterocycles. The topological polar surface area (TPSA) is 123 Å². The summed E-state index contributed by atoms with van der Waals surface area (Å²) in [6.07, 6.45) is 1.73. The van der Waals surface area contributed by atoms with Crippen molar-refractivity contribution in [2.45, 2.75) is 13.3 Å². The standard InChI is InChI=1S/C12H18N6O4S/c1-3-23(21,22)16(2)8-4-7-13-10-5-6-11-14-9-12(18(19)20)17(11)15-10/h5-6,9H,3-4,7-8H2,1-2H3,(H,13,15). The molecular weight excluding hydrogens is 324 g/mol. The molecule has 0 unspecified atom stereocenters. The summed E-state index contributed by atoms with van der Waals surface area (Å²) >= 11 is 0. The minimum absolute atomic E-state index is 0.0689. The molecule has 10 nitrogen and oxygen atoms in total. The van der Waals surface area contributed by atoms with Crippen molar-refractivity contribution in [3.63, 3.8) is 0 Å². The summed E-state index contributed by atoms with van der Waals surface area (Å²) in [7, 11) is -1.64. The Bertz CT molecular complexity index is 803. The van der Waals surface area contributed by atoms with E-state index in [9.17, 15) is 18.5 Å². The first-order valence-electron chi connectivity index (χ1n) is 7.02. The maximum atomic E-state index is 11.6. The largest absolute Gasteiger partial charge is 0.368 e. The van der Waals surface area contributed by atoms with Crippen molar-refractivity contribution >= 4 is 27.3 Å². The highest BCUT2D eigenvalue weighted by Gasteiger charge is 2.16. The molecule has 0 aliphatic rings. The highest BCUT2D eigenvalue weighted by molar-refractivity contribution is 7.89. The minimum atomic E-state index is -3.18. The second-order valence-electron chi connectivity index (χ2n) is 4.86. The maximum absolute atomic E-state index is 11.6. The number of sulfonamides is 1. The maximum Gasteiger partial charge on any atom is 0.368 e. The van der Waals surface area contributed by atoms with Crippen molar-refractivity contribution in [2.75, 3.05) is 31.2 Å². The van der Waals surface area contributed by atoms with Crippen LogP contribution in [-0.2, 0) is 10.0 Å². The number of hydrogen-bond donors (Lipinski definition) is 1. The molecule has 0 spiro atoms. The fourth-order valence-corrected chi connectivity index (χ4v) is 2.81. The Morgan fingerprint density at radius 3 is 2.83 bits per heavy atom. The van der Waals surface area contributed by atoms with Gasteiger partial charge >= 0.3 is 5.82 Å². The molecular formula is C12H18N6O4S. The van der Waals surface area contributed by atoms with Gasteiger partial charge < -0.3 is 15.4 Å². The summed E-state index contributed by atoms with van der Waals surface area (Å²) in [6.45, 7) is 2.47. The number of anilines is 1. The molecule has 0 aliphatic carbocycles. The molecule has 2 rings (SSSR count). The SMILES string of the molecule is CCS(=O)(=O)N(C)CCCNc1ccc2ncc([N+](=O)[O-])n2n1. The van der Waals surface area contributed by atoms with E-state index < -0.39 is 14.9 Å². The zero-order valence-electron chi connectivity index (χ0n) is 12.8. The van der Waals surface area contributed by atoms with Gasteiger partial charge in [0.2, 0.25) is 15.7 Å². The van der Waals surface area contributed by atoms with Gasteiger partial charge in [-0.3, -0.25) is 0 Å². The summed E-state index contributed by atoms with van der Waals surface area (Å²) in [5, 5.41) is 18.0. The van der Waals surface area contributed by atoms with E-state index in [1.165, 1.54) is 11.4 Å². The Kier molecular flexibility index (Phi) is 5.11. The summed E-state index contributed by atoms with van der Waals surface area (Å²) in [4.78, 5) is 14.2. The highest BCUT2D eigenvalue weighted by Crippen LogP contribution is 2.14. The number of nitro groups is 1.